The molecule has 0 aromatic rings. The fourth-order valence-corrected chi connectivity index (χ4v) is 2.98. The smallest absolute Gasteiger partial charge is 0.306 e. The second-order valence-corrected chi connectivity index (χ2v) is 4.73. The molecular formula is C11H19NO2. The van der Waals surface area contributed by atoms with Crippen LogP contribution in [0.1, 0.15) is 39.0 Å². The third kappa shape index (κ3) is 1.78. The minimum atomic E-state index is -0.598. The molecule has 1 aliphatic carbocycles. The van der Waals surface area contributed by atoms with Gasteiger partial charge in [0.1, 0.15) is 0 Å². The molecule has 3 nitrogen and oxygen atoms in total. The highest BCUT2D eigenvalue weighted by atomic mass is 16.4. The first-order chi connectivity index (χ1) is 6.68. The van der Waals surface area contributed by atoms with Gasteiger partial charge in [0.15, 0.2) is 0 Å². The molecule has 0 aromatic heterocycles. The molecule has 1 N–H and O–H groups in total. The van der Waals surface area contributed by atoms with Crippen LogP contribution in [0.5, 0.6) is 0 Å². The Morgan fingerprint density at radius 2 is 2.14 bits per heavy atom. The Kier molecular flexibility index (Phi) is 2.77. The van der Waals surface area contributed by atoms with Gasteiger partial charge >= 0.3 is 5.97 Å². The van der Waals surface area contributed by atoms with E-state index >= 15 is 0 Å². The van der Waals surface area contributed by atoms with Crippen molar-refractivity contribution in [3.63, 3.8) is 0 Å². The number of carbonyl (C=O) groups is 1. The van der Waals surface area contributed by atoms with Crippen molar-refractivity contribution >= 4 is 5.97 Å². The zero-order valence-corrected chi connectivity index (χ0v) is 8.78. The lowest BCUT2D eigenvalue weighted by molar-refractivity contribution is -0.141. The van der Waals surface area contributed by atoms with Crippen molar-refractivity contribution in [2.45, 2.75) is 51.1 Å². The summed E-state index contributed by atoms with van der Waals surface area (Å²) in [6, 6.07) is 1.22. The number of likely N-dealkylation sites (tertiary alicyclic amines) is 1. The maximum atomic E-state index is 10.8. The minimum Gasteiger partial charge on any atom is -0.481 e. The van der Waals surface area contributed by atoms with Crippen LogP contribution in [-0.4, -0.2) is 34.6 Å². The van der Waals surface area contributed by atoms with Gasteiger partial charge < -0.3 is 5.11 Å². The molecule has 2 rings (SSSR count). The molecule has 0 radical (unpaired) electrons. The maximum Gasteiger partial charge on any atom is 0.306 e. The Labute approximate surface area is 85.1 Å². The Morgan fingerprint density at radius 1 is 1.36 bits per heavy atom. The highest BCUT2D eigenvalue weighted by Crippen LogP contribution is 2.33. The number of carboxylic acids is 1. The highest BCUT2D eigenvalue weighted by Gasteiger charge is 2.36. The van der Waals surface area contributed by atoms with Crippen molar-refractivity contribution in [2.75, 3.05) is 6.54 Å². The molecule has 1 unspecified atom stereocenters. The summed E-state index contributed by atoms with van der Waals surface area (Å²) in [6.45, 7) is 3.44. The largest absolute Gasteiger partial charge is 0.481 e. The molecule has 3 atom stereocenters. The van der Waals surface area contributed by atoms with Gasteiger partial charge in [-0.05, 0) is 45.6 Å². The second-order valence-electron chi connectivity index (χ2n) is 4.73. The van der Waals surface area contributed by atoms with E-state index in [1.54, 1.807) is 0 Å². The maximum absolute atomic E-state index is 10.8. The van der Waals surface area contributed by atoms with Crippen LogP contribution in [0.15, 0.2) is 0 Å². The Bertz CT molecular complexity index is 229. The molecule has 0 amide bonds. The summed E-state index contributed by atoms with van der Waals surface area (Å²) in [4.78, 5) is 13.3. The Balaban J connectivity index is 1.91. The molecule has 1 saturated carbocycles. The summed E-state index contributed by atoms with van der Waals surface area (Å²) in [5, 5.41) is 8.92. The third-order valence-electron chi connectivity index (χ3n) is 3.83. The van der Waals surface area contributed by atoms with Gasteiger partial charge in [0.05, 0.1) is 5.92 Å². The summed E-state index contributed by atoms with van der Waals surface area (Å²) >= 11 is 0. The standard InChI is InChI=1S/C11H19NO2/c1-8-3-2-6-12(8)10-5-4-9(7-10)11(13)14/h8-10H,2-7H2,1H3,(H,13,14)/t8?,9-,10+/m1/s1. The molecule has 1 saturated heterocycles. The van der Waals surface area contributed by atoms with Crippen LogP contribution >= 0.6 is 0 Å². The number of aliphatic carboxylic acids is 1. The minimum absolute atomic E-state index is 0.0761. The lowest BCUT2D eigenvalue weighted by Gasteiger charge is -2.28. The van der Waals surface area contributed by atoms with Crippen molar-refractivity contribution in [1.29, 1.82) is 0 Å². The molecule has 1 heterocycles. The molecule has 2 fully saturated rings. The molecule has 80 valence electrons. The van der Waals surface area contributed by atoms with Gasteiger partial charge in [-0.25, -0.2) is 0 Å². The Hall–Kier alpha value is -0.570. The van der Waals surface area contributed by atoms with Crippen LogP contribution in [-0.2, 0) is 4.79 Å². The molecule has 1 aliphatic heterocycles. The molecule has 14 heavy (non-hydrogen) atoms. The second kappa shape index (κ2) is 3.89. The zero-order valence-electron chi connectivity index (χ0n) is 8.78. The van der Waals surface area contributed by atoms with Crippen LogP contribution in [0.3, 0.4) is 0 Å². The van der Waals surface area contributed by atoms with Gasteiger partial charge in [-0.3, -0.25) is 9.69 Å². The highest BCUT2D eigenvalue weighted by molar-refractivity contribution is 5.70. The van der Waals surface area contributed by atoms with Crippen molar-refractivity contribution in [1.82, 2.24) is 4.90 Å². The number of nitrogens with zero attached hydrogens (tertiary/aromatic N) is 1. The molecule has 3 heteroatoms. The molecule has 0 aromatic carbocycles. The number of hydrogen-bond donors (Lipinski definition) is 1. The average molecular weight is 197 g/mol. The predicted octanol–water partition coefficient (Wildman–Crippen LogP) is 1.72. The third-order valence-corrected chi connectivity index (χ3v) is 3.83. The first-order valence-corrected chi connectivity index (χ1v) is 5.67. The summed E-state index contributed by atoms with van der Waals surface area (Å²) in [5.41, 5.74) is 0. The molecule has 0 bridgehead atoms. The SMILES string of the molecule is CC1CCCN1[C@H]1CC[C@@H](C(=O)O)C1. The van der Waals surface area contributed by atoms with E-state index in [1.165, 1.54) is 19.4 Å². The van der Waals surface area contributed by atoms with Gasteiger partial charge in [0.25, 0.3) is 0 Å². The van der Waals surface area contributed by atoms with E-state index in [0.717, 1.165) is 19.3 Å². The van der Waals surface area contributed by atoms with E-state index in [9.17, 15) is 4.79 Å². The lowest BCUT2D eigenvalue weighted by Crippen LogP contribution is -2.36. The van der Waals surface area contributed by atoms with E-state index in [2.05, 4.69) is 11.8 Å². The van der Waals surface area contributed by atoms with E-state index < -0.39 is 5.97 Å². The lowest BCUT2D eigenvalue weighted by atomic mass is 10.1. The first kappa shape index (κ1) is 9.97. The molecule has 0 spiro atoms. The van der Waals surface area contributed by atoms with Crippen LogP contribution in [0.2, 0.25) is 0 Å². The van der Waals surface area contributed by atoms with Crippen LogP contribution < -0.4 is 0 Å². The van der Waals surface area contributed by atoms with Crippen LogP contribution in [0, 0.1) is 5.92 Å². The van der Waals surface area contributed by atoms with Crippen molar-refractivity contribution in [3.05, 3.63) is 0 Å². The summed E-state index contributed by atoms with van der Waals surface area (Å²) < 4.78 is 0. The fraction of sp³-hybridized carbons (Fsp3) is 0.909. The monoisotopic (exact) mass is 197 g/mol. The number of carboxylic acid groups (broad SMARTS) is 1. The van der Waals surface area contributed by atoms with Gasteiger partial charge in [0, 0.05) is 12.1 Å². The summed E-state index contributed by atoms with van der Waals surface area (Å²) in [6.07, 6.45) is 5.41. The van der Waals surface area contributed by atoms with Gasteiger partial charge in [-0.1, -0.05) is 0 Å². The zero-order chi connectivity index (χ0) is 10.1. The average Bonchev–Trinajstić information content (AvgIpc) is 2.71. The van der Waals surface area contributed by atoms with Crippen LogP contribution in [0.4, 0.5) is 0 Å². The van der Waals surface area contributed by atoms with Crippen molar-refractivity contribution in [3.8, 4) is 0 Å². The van der Waals surface area contributed by atoms with Gasteiger partial charge in [-0.15, -0.1) is 0 Å². The number of rotatable bonds is 2. The van der Waals surface area contributed by atoms with E-state index in [1.807, 2.05) is 0 Å². The van der Waals surface area contributed by atoms with Crippen LogP contribution in [0.25, 0.3) is 0 Å². The molecular weight excluding hydrogens is 178 g/mol. The fourth-order valence-electron chi connectivity index (χ4n) is 2.98. The van der Waals surface area contributed by atoms with E-state index in [-0.39, 0.29) is 5.92 Å². The van der Waals surface area contributed by atoms with Gasteiger partial charge in [-0.2, -0.15) is 0 Å². The first-order valence-electron chi connectivity index (χ1n) is 5.67. The van der Waals surface area contributed by atoms with E-state index in [0.29, 0.717) is 12.1 Å². The normalized spacial score (nSPS) is 39.1. The quantitative estimate of drug-likeness (QED) is 0.732. The van der Waals surface area contributed by atoms with Gasteiger partial charge in [0.2, 0.25) is 0 Å². The van der Waals surface area contributed by atoms with E-state index in [4.69, 9.17) is 5.11 Å². The summed E-state index contributed by atoms with van der Waals surface area (Å²) in [5.74, 6) is -0.674. The molecule has 2 aliphatic rings. The van der Waals surface area contributed by atoms with Crippen molar-refractivity contribution in [2.24, 2.45) is 5.92 Å². The Morgan fingerprint density at radius 3 is 2.64 bits per heavy atom. The number of hydrogen-bond acceptors (Lipinski definition) is 2. The van der Waals surface area contributed by atoms with Crippen molar-refractivity contribution < 1.29 is 9.90 Å². The predicted molar refractivity (Wildman–Crippen MR) is 54.2 cm³/mol. The summed E-state index contributed by atoms with van der Waals surface area (Å²) in [7, 11) is 0. The topological polar surface area (TPSA) is 40.5 Å².